The van der Waals surface area contributed by atoms with Gasteiger partial charge in [0.1, 0.15) is 0 Å². The molecule has 1 N–H and O–H groups in total. The minimum atomic E-state index is 0.0305. The molecular formula is C17H30N2O2. The lowest BCUT2D eigenvalue weighted by Crippen LogP contribution is -2.44. The molecule has 0 aromatic rings. The average Bonchev–Trinajstić information content (AvgIpc) is 3.21. The molecule has 4 heteroatoms. The summed E-state index contributed by atoms with van der Waals surface area (Å²) >= 11 is 0. The highest BCUT2D eigenvalue weighted by atomic mass is 16.5. The van der Waals surface area contributed by atoms with E-state index >= 15 is 0 Å². The van der Waals surface area contributed by atoms with Crippen LogP contribution in [0.25, 0.3) is 0 Å². The van der Waals surface area contributed by atoms with Crippen LogP contribution in [0.3, 0.4) is 0 Å². The third-order valence-corrected chi connectivity index (χ3v) is 5.77. The Kier molecular flexibility index (Phi) is 4.85. The van der Waals surface area contributed by atoms with E-state index in [1.165, 1.54) is 25.7 Å². The van der Waals surface area contributed by atoms with Crippen molar-refractivity contribution in [1.29, 1.82) is 0 Å². The van der Waals surface area contributed by atoms with Gasteiger partial charge in [-0.1, -0.05) is 33.1 Å². The van der Waals surface area contributed by atoms with Crippen LogP contribution in [0.5, 0.6) is 0 Å². The van der Waals surface area contributed by atoms with Gasteiger partial charge in [0.05, 0.1) is 18.8 Å². The Balaban J connectivity index is 1.72. The molecule has 3 aliphatic rings. The van der Waals surface area contributed by atoms with E-state index in [0.29, 0.717) is 23.7 Å². The molecule has 4 nitrogen and oxygen atoms in total. The fourth-order valence-electron chi connectivity index (χ4n) is 4.18. The SMILES string of the molecule is CCC(C)C1NC(C2CCCC2)N(CC2CCOC2)C1=O. The van der Waals surface area contributed by atoms with Crippen molar-refractivity contribution in [3.05, 3.63) is 0 Å². The molecule has 120 valence electrons. The highest BCUT2D eigenvalue weighted by Gasteiger charge is 2.45. The van der Waals surface area contributed by atoms with Crippen LogP contribution < -0.4 is 5.32 Å². The van der Waals surface area contributed by atoms with Crippen molar-refractivity contribution in [1.82, 2.24) is 10.2 Å². The van der Waals surface area contributed by atoms with Crippen LogP contribution in [0.1, 0.15) is 52.4 Å². The standard InChI is InChI=1S/C17H30N2O2/c1-3-12(2)15-17(20)19(10-13-8-9-21-11-13)16(18-15)14-6-4-5-7-14/h12-16,18H,3-11H2,1-2H3. The van der Waals surface area contributed by atoms with E-state index in [1.807, 2.05) is 0 Å². The van der Waals surface area contributed by atoms with E-state index in [1.54, 1.807) is 0 Å². The summed E-state index contributed by atoms with van der Waals surface area (Å²) in [4.78, 5) is 15.1. The summed E-state index contributed by atoms with van der Waals surface area (Å²) in [5.41, 5.74) is 0. The van der Waals surface area contributed by atoms with E-state index < -0.39 is 0 Å². The minimum Gasteiger partial charge on any atom is -0.381 e. The second-order valence-electron chi connectivity index (χ2n) is 7.24. The first-order valence-corrected chi connectivity index (χ1v) is 8.85. The maximum absolute atomic E-state index is 12.9. The molecule has 1 aliphatic carbocycles. The van der Waals surface area contributed by atoms with Crippen LogP contribution in [0.4, 0.5) is 0 Å². The Bertz CT molecular complexity index is 362. The maximum atomic E-state index is 12.9. The second kappa shape index (κ2) is 6.66. The molecule has 0 spiro atoms. The van der Waals surface area contributed by atoms with Gasteiger partial charge >= 0.3 is 0 Å². The molecule has 2 aliphatic heterocycles. The fraction of sp³-hybridized carbons (Fsp3) is 0.941. The number of nitrogens with one attached hydrogen (secondary N) is 1. The Morgan fingerprint density at radius 2 is 2.10 bits per heavy atom. The third kappa shape index (κ3) is 3.11. The molecule has 21 heavy (non-hydrogen) atoms. The number of carbonyl (C=O) groups is 1. The number of carbonyl (C=O) groups excluding carboxylic acids is 1. The largest absolute Gasteiger partial charge is 0.381 e. The predicted octanol–water partition coefficient (Wildman–Crippen LogP) is 2.39. The highest BCUT2D eigenvalue weighted by Crippen LogP contribution is 2.34. The van der Waals surface area contributed by atoms with Gasteiger partial charge in [-0.15, -0.1) is 0 Å². The molecule has 0 bridgehead atoms. The van der Waals surface area contributed by atoms with Gasteiger partial charge in [-0.05, 0) is 31.1 Å². The summed E-state index contributed by atoms with van der Waals surface area (Å²) in [5.74, 6) is 1.96. The van der Waals surface area contributed by atoms with Gasteiger partial charge in [0.2, 0.25) is 5.91 Å². The molecule has 3 rings (SSSR count). The number of hydrogen-bond donors (Lipinski definition) is 1. The summed E-state index contributed by atoms with van der Waals surface area (Å²) in [7, 11) is 0. The van der Waals surface area contributed by atoms with Crippen LogP contribution in [0.15, 0.2) is 0 Å². The molecule has 1 saturated carbocycles. The van der Waals surface area contributed by atoms with Gasteiger partial charge in [-0.2, -0.15) is 0 Å². The van der Waals surface area contributed by atoms with E-state index in [-0.39, 0.29) is 12.2 Å². The summed E-state index contributed by atoms with van der Waals surface area (Å²) in [5, 5.41) is 3.69. The monoisotopic (exact) mass is 294 g/mol. The molecule has 4 atom stereocenters. The van der Waals surface area contributed by atoms with Gasteiger partial charge in [0.15, 0.2) is 0 Å². The molecule has 4 unspecified atom stereocenters. The molecule has 1 amide bonds. The van der Waals surface area contributed by atoms with Crippen molar-refractivity contribution in [2.75, 3.05) is 19.8 Å². The molecule has 3 fully saturated rings. The van der Waals surface area contributed by atoms with E-state index in [4.69, 9.17) is 4.74 Å². The molecule has 0 radical (unpaired) electrons. The highest BCUT2D eigenvalue weighted by molar-refractivity contribution is 5.84. The first-order valence-electron chi connectivity index (χ1n) is 8.85. The number of rotatable bonds is 5. The maximum Gasteiger partial charge on any atom is 0.241 e. The lowest BCUT2D eigenvalue weighted by molar-refractivity contribution is -0.132. The van der Waals surface area contributed by atoms with E-state index in [2.05, 4.69) is 24.1 Å². The second-order valence-corrected chi connectivity index (χ2v) is 7.24. The van der Waals surface area contributed by atoms with Crippen LogP contribution in [0.2, 0.25) is 0 Å². The van der Waals surface area contributed by atoms with Crippen LogP contribution >= 0.6 is 0 Å². The average molecular weight is 294 g/mol. The Labute approximate surface area is 128 Å². The first kappa shape index (κ1) is 15.3. The van der Waals surface area contributed by atoms with Gasteiger partial charge in [-0.25, -0.2) is 0 Å². The quantitative estimate of drug-likeness (QED) is 0.846. The lowest BCUT2D eigenvalue weighted by atomic mass is 9.99. The zero-order chi connectivity index (χ0) is 14.8. The van der Waals surface area contributed by atoms with E-state index in [0.717, 1.165) is 32.6 Å². The first-order chi connectivity index (χ1) is 10.2. The topological polar surface area (TPSA) is 41.6 Å². The van der Waals surface area contributed by atoms with Gasteiger partial charge in [0.25, 0.3) is 0 Å². The van der Waals surface area contributed by atoms with Gasteiger partial charge in [-0.3, -0.25) is 10.1 Å². The van der Waals surface area contributed by atoms with Crippen molar-refractivity contribution >= 4 is 5.91 Å². The van der Waals surface area contributed by atoms with Crippen LogP contribution in [-0.2, 0) is 9.53 Å². The number of amides is 1. The smallest absolute Gasteiger partial charge is 0.241 e. The minimum absolute atomic E-state index is 0.0305. The Hall–Kier alpha value is -0.610. The molecule has 0 aromatic carbocycles. The predicted molar refractivity (Wildman–Crippen MR) is 82.8 cm³/mol. The zero-order valence-electron chi connectivity index (χ0n) is 13.5. The number of ether oxygens (including phenoxy) is 1. The molecule has 2 saturated heterocycles. The van der Waals surface area contributed by atoms with Crippen molar-refractivity contribution < 1.29 is 9.53 Å². The number of nitrogens with zero attached hydrogens (tertiary/aromatic N) is 1. The summed E-state index contributed by atoms with van der Waals surface area (Å²) < 4.78 is 5.50. The third-order valence-electron chi connectivity index (χ3n) is 5.77. The van der Waals surface area contributed by atoms with Crippen LogP contribution in [-0.4, -0.2) is 42.8 Å². The number of hydrogen-bond acceptors (Lipinski definition) is 3. The van der Waals surface area contributed by atoms with Crippen LogP contribution in [0, 0.1) is 17.8 Å². The van der Waals surface area contributed by atoms with Crippen molar-refractivity contribution in [3.63, 3.8) is 0 Å². The summed E-state index contributed by atoms with van der Waals surface area (Å²) in [6.07, 6.45) is 7.64. The Morgan fingerprint density at radius 1 is 1.33 bits per heavy atom. The summed E-state index contributed by atoms with van der Waals surface area (Å²) in [6, 6.07) is 0.0305. The zero-order valence-corrected chi connectivity index (χ0v) is 13.5. The van der Waals surface area contributed by atoms with Crippen molar-refractivity contribution in [2.45, 2.75) is 64.6 Å². The normalized spacial score (nSPS) is 35.8. The van der Waals surface area contributed by atoms with Gasteiger partial charge in [0, 0.05) is 19.1 Å². The lowest BCUT2D eigenvalue weighted by Gasteiger charge is -2.30. The van der Waals surface area contributed by atoms with Gasteiger partial charge < -0.3 is 9.64 Å². The Morgan fingerprint density at radius 3 is 2.71 bits per heavy atom. The van der Waals surface area contributed by atoms with E-state index in [9.17, 15) is 4.79 Å². The molecule has 2 heterocycles. The van der Waals surface area contributed by atoms with Crippen molar-refractivity contribution in [2.24, 2.45) is 17.8 Å². The fourth-order valence-corrected chi connectivity index (χ4v) is 4.18. The van der Waals surface area contributed by atoms with Crippen molar-refractivity contribution in [3.8, 4) is 0 Å². The molecule has 0 aromatic heterocycles. The molecular weight excluding hydrogens is 264 g/mol. The summed E-state index contributed by atoms with van der Waals surface area (Å²) in [6.45, 7) is 6.96.